The number of halogens is 1. The third-order valence-corrected chi connectivity index (χ3v) is 3.14. The topological polar surface area (TPSA) is 62.0 Å². The molecule has 0 spiro atoms. The minimum absolute atomic E-state index is 0. The van der Waals surface area contributed by atoms with Crippen LogP contribution >= 0.6 is 24.0 Å². The lowest BCUT2D eigenvalue weighted by molar-refractivity contribution is 0.0389. The van der Waals surface area contributed by atoms with E-state index in [4.69, 9.17) is 9.15 Å². The summed E-state index contributed by atoms with van der Waals surface area (Å²) >= 11 is 0. The molecule has 0 atom stereocenters. The van der Waals surface area contributed by atoms with Crippen LogP contribution in [0.15, 0.2) is 27.8 Å². The van der Waals surface area contributed by atoms with Gasteiger partial charge in [0, 0.05) is 32.7 Å². The van der Waals surface area contributed by atoms with E-state index in [1.54, 1.807) is 6.26 Å². The summed E-state index contributed by atoms with van der Waals surface area (Å²) in [6.45, 7) is 9.06. The minimum Gasteiger partial charge on any atom is -0.467 e. The van der Waals surface area contributed by atoms with Gasteiger partial charge in [-0.3, -0.25) is 4.90 Å². The number of ether oxygens (including phenoxy) is 1. The maximum Gasteiger partial charge on any atom is 0.191 e. The highest BCUT2D eigenvalue weighted by Gasteiger charge is 2.09. The molecule has 7 heteroatoms. The molecular weight excluding hydrogens is 383 g/mol. The highest BCUT2D eigenvalue weighted by atomic mass is 127. The molecule has 6 nitrogen and oxygen atoms in total. The van der Waals surface area contributed by atoms with Gasteiger partial charge in [-0.2, -0.15) is 0 Å². The molecule has 1 aliphatic heterocycles. The summed E-state index contributed by atoms with van der Waals surface area (Å²) in [6, 6.07) is 3.81. The van der Waals surface area contributed by atoms with Gasteiger partial charge in [0.25, 0.3) is 0 Å². The van der Waals surface area contributed by atoms with Gasteiger partial charge in [-0.15, -0.1) is 24.0 Å². The minimum atomic E-state index is 0. The Bertz CT molecular complexity index is 392. The number of aliphatic imine (C=N–C) groups is 1. The molecule has 0 bridgehead atoms. The molecule has 2 rings (SSSR count). The van der Waals surface area contributed by atoms with Crippen molar-refractivity contribution in [3.63, 3.8) is 0 Å². The molecule has 0 aromatic carbocycles. The summed E-state index contributed by atoms with van der Waals surface area (Å²) in [7, 11) is 0. The second-order valence-electron chi connectivity index (χ2n) is 4.66. The van der Waals surface area contributed by atoms with E-state index in [1.165, 1.54) is 0 Å². The zero-order chi connectivity index (χ0) is 14.0. The highest BCUT2D eigenvalue weighted by molar-refractivity contribution is 14.0. The molecule has 1 aromatic heterocycles. The molecule has 1 aliphatic rings. The standard InChI is InChI=1S/C14H24N4O2.HI/c1-2-15-14(17-12-13-4-3-9-20-13)16-5-6-18-7-10-19-11-8-18;/h3-4,9H,2,5-8,10-12H2,1H3,(H2,15,16,17);1H. The van der Waals surface area contributed by atoms with Crippen LogP contribution in [0.5, 0.6) is 0 Å². The number of hydrogen-bond donors (Lipinski definition) is 2. The largest absolute Gasteiger partial charge is 0.467 e. The smallest absolute Gasteiger partial charge is 0.191 e. The van der Waals surface area contributed by atoms with Gasteiger partial charge in [-0.1, -0.05) is 0 Å². The molecule has 1 saturated heterocycles. The summed E-state index contributed by atoms with van der Waals surface area (Å²) in [5.74, 6) is 1.70. The first-order valence-electron chi connectivity index (χ1n) is 7.23. The average molecular weight is 408 g/mol. The molecule has 0 saturated carbocycles. The van der Waals surface area contributed by atoms with Gasteiger partial charge >= 0.3 is 0 Å². The number of furan rings is 1. The van der Waals surface area contributed by atoms with Crippen LogP contribution in [0.25, 0.3) is 0 Å². The van der Waals surface area contributed by atoms with E-state index in [-0.39, 0.29) is 24.0 Å². The van der Waals surface area contributed by atoms with Gasteiger partial charge in [0.15, 0.2) is 5.96 Å². The van der Waals surface area contributed by atoms with E-state index in [0.717, 1.165) is 57.7 Å². The number of morpholine rings is 1. The van der Waals surface area contributed by atoms with E-state index in [0.29, 0.717) is 6.54 Å². The normalized spacial score (nSPS) is 16.3. The number of guanidine groups is 1. The lowest BCUT2D eigenvalue weighted by Crippen LogP contribution is -2.44. The van der Waals surface area contributed by atoms with E-state index in [9.17, 15) is 0 Å². The predicted octanol–water partition coefficient (Wildman–Crippen LogP) is 1.28. The van der Waals surface area contributed by atoms with Crippen molar-refractivity contribution in [1.82, 2.24) is 15.5 Å². The van der Waals surface area contributed by atoms with Crippen molar-refractivity contribution >= 4 is 29.9 Å². The molecule has 1 aromatic rings. The van der Waals surface area contributed by atoms with Crippen molar-refractivity contribution < 1.29 is 9.15 Å². The van der Waals surface area contributed by atoms with Crippen LogP contribution in [0.3, 0.4) is 0 Å². The van der Waals surface area contributed by atoms with E-state index < -0.39 is 0 Å². The average Bonchev–Trinajstić information content (AvgIpc) is 2.99. The van der Waals surface area contributed by atoms with Crippen LogP contribution in [0.4, 0.5) is 0 Å². The van der Waals surface area contributed by atoms with Crippen molar-refractivity contribution in [1.29, 1.82) is 0 Å². The van der Waals surface area contributed by atoms with Crippen LogP contribution in [-0.4, -0.2) is 56.8 Å². The summed E-state index contributed by atoms with van der Waals surface area (Å²) in [6.07, 6.45) is 1.67. The predicted molar refractivity (Wildman–Crippen MR) is 94.2 cm³/mol. The Morgan fingerprint density at radius 2 is 2.14 bits per heavy atom. The zero-order valence-electron chi connectivity index (χ0n) is 12.5. The first kappa shape index (κ1) is 18.2. The quantitative estimate of drug-likeness (QED) is 0.422. The number of nitrogens with one attached hydrogen (secondary N) is 2. The maximum atomic E-state index is 5.34. The first-order valence-corrected chi connectivity index (χ1v) is 7.23. The molecule has 2 heterocycles. The lowest BCUT2D eigenvalue weighted by atomic mass is 10.4. The third kappa shape index (κ3) is 7.14. The summed E-state index contributed by atoms with van der Waals surface area (Å²) in [4.78, 5) is 6.89. The fourth-order valence-electron chi connectivity index (χ4n) is 2.06. The third-order valence-electron chi connectivity index (χ3n) is 3.14. The number of hydrogen-bond acceptors (Lipinski definition) is 4. The van der Waals surface area contributed by atoms with Gasteiger partial charge in [0.05, 0.1) is 19.5 Å². The van der Waals surface area contributed by atoms with Crippen LogP contribution in [0.1, 0.15) is 12.7 Å². The van der Waals surface area contributed by atoms with Crippen molar-refractivity contribution in [2.45, 2.75) is 13.5 Å². The van der Waals surface area contributed by atoms with E-state index >= 15 is 0 Å². The van der Waals surface area contributed by atoms with Crippen LogP contribution < -0.4 is 10.6 Å². The number of rotatable bonds is 6. The van der Waals surface area contributed by atoms with Crippen molar-refractivity contribution in [3.05, 3.63) is 24.2 Å². The van der Waals surface area contributed by atoms with E-state index in [2.05, 4.69) is 27.4 Å². The Kier molecular flexibility index (Phi) is 9.44. The highest BCUT2D eigenvalue weighted by Crippen LogP contribution is 2.01. The monoisotopic (exact) mass is 408 g/mol. The fraction of sp³-hybridized carbons (Fsp3) is 0.643. The summed E-state index contributed by atoms with van der Waals surface area (Å²) in [5.41, 5.74) is 0. The van der Waals surface area contributed by atoms with Crippen molar-refractivity contribution in [2.24, 2.45) is 4.99 Å². The summed E-state index contributed by atoms with van der Waals surface area (Å²) < 4.78 is 10.6. The van der Waals surface area contributed by atoms with Crippen LogP contribution in [-0.2, 0) is 11.3 Å². The van der Waals surface area contributed by atoms with Gasteiger partial charge in [0.2, 0.25) is 0 Å². The van der Waals surface area contributed by atoms with Gasteiger partial charge in [-0.05, 0) is 19.1 Å². The van der Waals surface area contributed by atoms with Gasteiger partial charge < -0.3 is 19.8 Å². The maximum absolute atomic E-state index is 5.34. The molecule has 21 heavy (non-hydrogen) atoms. The SMILES string of the molecule is CCNC(=NCc1ccco1)NCCN1CCOCC1.I. The Labute approximate surface area is 143 Å². The Balaban J connectivity index is 0.00000220. The molecular formula is C14H25IN4O2. The second kappa shape index (κ2) is 10.9. The Morgan fingerprint density at radius 3 is 2.81 bits per heavy atom. The number of nitrogens with zero attached hydrogens (tertiary/aromatic N) is 2. The Hall–Kier alpha value is -0.800. The molecule has 0 amide bonds. The molecule has 2 N–H and O–H groups in total. The fourth-order valence-corrected chi connectivity index (χ4v) is 2.06. The van der Waals surface area contributed by atoms with Crippen molar-refractivity contribution in [2.75, 3.05) is 45.9 Å². The molecule has 0 aliphatic carbocycles. The first-order chi connectivity index (χ1) is 9.88. The van der Waals surface area contributed by atoms with Crippen molar-refractivity contribution in [3.8, 4) is 0 Å². The lowest BCUT2D eigenvalue weighted by Gasteiger charge is -2.26. The van der Waals surface area contributed by atoms with Gasteiger partial charge in [-0.25, -0.2) is 4.99 Å². The molecule has 120 valence electrons. The van der Waals surface area contributed by atoms with E-state index in [1.807, 2.05) is 12.1 Å². The molecule has 1 fully saturated rings. The zero-order valence-corrected chi connectivity index (χ0v) is 14.8. The van der Waals surface area contributed by atoms with Gasteiger partial charge in [0.1, 0.15) is 12.3 Å². The molecule has 0 unspecified atom stereocenters. The van der Waals surface area contributed by atoms with Crippen LogP contribution in [0.2, 0.25) is 0 Å². The second-order valence-corrected chi connectivity index (χ2v) is 4.66. The summed E-state index contributed by atoms with van der Waals surface area (Å²) in [5, 5.41) is 6.58. The Morgan fingerprint density at radius 1 is 1.33 bits per heavy atom. The molecule has 0 radical (unpaired) electrons. The van der Waals surface area contributed by atoms with Crippen LogP contribution in [0, 0.1) is 0 Å².